The lowest BCUT2D eigenvalue weighted by Gasteiger charge is -2.10. The van der Waals surface area contributed by atoms with Gasteiger partial charge < -0.3 is 10.3 Å². The molecule has 1 atom stereocenters. The molecule has 1 saturated carbocycles. The smallest absolute Gasteiger partial charge is 0.191 e. The van der Waals surface area contributed by atoms with E-state index in [2.05, 4.69) is 28.6 Å². The van der Waals surface area contributed by atoms with E-state index in [9.17, 15) is 0 Å². The van der Waals surface area contributed by atoms with Gasteiger partial charge in [0.15, 0.2) is 5.16 Å². The van der Waals surface area contributed by atoms with Gasteiger partial charge in [-0.15, -0.1) is 10.2 Å². The molecule has 2 rings (SSSR count). The molecule has 0 radical (unpaired) electrons. The van der Waals surface area contributed by atoms with Crippen LogP contribution in [-0.4, -0.2) is 20.5 Å². The van der Waals surface area contributed by atoms with E-state index in [1.165, 1.54) is 25.7 Å². The molecular weight excluding hydrogens is 232 g/mol. The zero-order valence-corrected chi connectivity index (χ0v) is 11.5. The van der Waals surface area contributed by atoms with Crippen molar-refractivity contribution in [2.24, 2.45) is 11.7 Å². The number of aromatic nitrogens is 3. The van der Waals surface area contributed by atoms with E-state index in [-0.39, 0.29) is 0 Å². The number of thioether (sulfide) groups is 1. The summed E-state index contributed by atoms with van der Waals surface area (Å²) in [6, 6.07) is 0.618. The molecule has 1 aliphatic rings. The van der Waals surface area contributed by atoms with Crippen molar-refractivity contribution in [3.8, 4) is 0 Å². The molecule has 0 aliphatic heterocycles. The van der Waals surface area contributed by atoms with E-state index in [0.717, 1.165) is 22.7 Å². The molecule has 1 unspecified atom stereocenters. The van der Waals surface area contributed by atoms with Crippen molar-refractivity contribution in [3.05, 3.63) is 5.82 Å². The van der Waals surface area contributed by atoms with E-state index >= 15 is 0 Å². The first kappa shape index (κ1) is 12.9. The molecule has 0 amide bonds. The van der Waals surface area contributed by atoms with E-state index in [1.807, 2.05) is 11.8 Å². The summed E-state index contributed by atoms with van der Waals surface area (Å²) < 4.78 is 2.25. The predicted molar refractivity (Wildman–Crippen MR) is 71.0 cm³/mol. The van der Waals surface area contributed by atoms with Crippen molar-refractivity contribution in [1.82, 2.24) is 14.8 Å². The predicted octanol–water partition coefficient (Wildman–Crippen LogP) is 2.60. The summed E-state index contributed by atoms with van der Waals surface area (Å²) in [5.41, 5.74) is 5.70. The molecule has 4 nitrogen and oxygen atoms in total. The summed E-state index contributed by atoms with van der Waals surface area (Å²) in [6.07, 6.45) is 5.05. The van der Waals surface area contributed by atoms with Crippen molar-refractivity contribution in [1.29, 1.82) is 0 Å². The van der Waals surface area contributed by atoms with Crippen molar-refractivity contribution in [2.75, 3.05) is 5.75 Å². The van der Waals surface area contributed by atoms with Crippen molar-refractivity contribution >= 4 is 11.8 Å². The fourth-order valence-corrected chi connectivity index (χ4v) is 3.13. The van der Waals surface area contributed by atoms with Crippen LogP contribution in [0, 0.1) is 5.92 Å². The first-order valence-corrected chi connectivity index (χ1v) is 7.51. The van der Waals surface area contributed by atoms with E-state index in [4.69, 9.17) is 5.73 Å². The van der Waals surface area contributed by atoms with Crippen LogP contribution in [0.15, 0.2) is 5.16 Å². The Morgan fingerprint density at radius 2 is 2.24 bits per heavy atom. The van der Waals surface area contributed by atoms with Crippen molar-refractivity contribution < 1.29 is 0 Å². The zero-order valence-electron chi connectivity index (χ0n) is 10.7. The first-order valence-electron chi connectivity index (χ1n) is 6.52. The Balaban J connectivity index is 1.98. The first-order chi connectivity index (χ1) is 8.26. The van der Waals surface area contributed by atoms with Gasteiger partial charge in [-0.1, -0.05) is 38.5 Å². The molecule has 17 heavy (non-hydrogen) atoms. The standard InChI is InChI=1S/C12H22N4S/c1-3-4-9(2)8-17-12-15-14-11(7-13)16(12)10-5-6-10/h9-10H,3-8,13H2,1-2H3. The maximum absolute atomic E-state index is 5.70. The Hall–Kier alpha value is -0.550. The second kappa shape index (κ2) is 5.87. The normalized spacial score (nSPS) is 17.4. The molecule has 1 aromatic heterocycles. The maximum atomic E-state index is 5.70. The van der Waals surface area contributed by atoms with Crippen LogP contribution in [0.4, 0.5) is 0 Å². The lowest BCUT2D eigenvalue weighted by atomic mass is 10.1. The minimum atomic E-state index is 0.495. The Bertz CT molecular complexity index is 359. The molecule has 5 heteroatoms. The van der Waals surface area contributed by atoms with Crippen LogP contribution in [-0.2, 0) is 6.54 Å². The highest BCUT2D eigenvalue weighted by atomic mass is 32.2. The fourth-order valence-electron chi connectivity index (χ4n) is 2.04. The quantitative estimate of drug-likeness (QED) is 0.760. The molecule has 0 spiro atoms. The van der Waals surface area contributed by atoms with Crippen LogP contribution < -0.4 is 5.73 Å². The fraction of sp³-hybridized carbons (Fsp3) is 0.833. The second-order valence-electron chi connectivity index (χ2n) is 4.91. The zero-order chi connectivity index (χ0) is 12.3. The highest BCUT2D eigenvalue weighted by Gasteiger charge is 2.29. The summed E-state index contributed by atoms with van der Waals surface area (Å²) in [5, 5.41) is 9.53. The number of hydrogen-bond acceptors (Lipinski definition) is 4. The summed E-state index contributed by atoms with van der Waals surface area (Å²) in [4.78, 5) is 0. The third-order valence-corrected chi connectivity index (χ3v) is 4.38. The van der Waals surface area contributed by atoms with Gasteiger partial charge in [0.1, 0.15) is 5.82 Å². The minimum Gasteiger partial charge on any atom is -0.324 e. The number of rotatable bonds is 7. The van der Waals surface area contributed by atoms with Crippen LogP contribution in [0.3, 0.4) is 0 Å². The van der Waals surface area contributed by atoms with Crippen LogP contribution >= 0.6 is 11.8 Å². The highest BCUT2D eigenvalue weighted by molar-refractivity contribution is 7.99. The molecule has 96 valence electrons. The molecule has 1 aliphatic carbocycles. The third kappa shape index (κ3) is 3.22. The van der Waals surface area contributed by atoms with Crippen LogP contribution in [0.25, 0.3) is 0 Å². The lowest BCUT2D eigenvalue weighted by molar-refractivity contribution is 0.581. The number of nitrogens with zero attached hydrogens (tertiary/aromatic N) is 3. The van der Waals surface area contributed by atoms with Crippen LogP contribution in [0.1, 0.15) is 51.4 Å². The Labute approximate surface area is 107 Å². The third-order valence-electron chi connectivity index (χ3n) is 3.11. The van der Waals surface area contributed by atoms with Crippen molar-refractivity contribution in [3.63, 3.8) is 0 Å². The average Bonchev–Trinajstić information content (AvgIpc) is 3.07. The largest absolute Gasteiger partial charge is 0.324 e. The van der Waals surface area contributed by atoms with Crippen LogP contribution in [0.2, 0.25) is 0 Å². The topological polar surface area (TPSA) is 56.7 Å². The molecule has 0 bridgehead atoms. The molecule has 2 N–H and O–H groups in total. The van der Waals surface area contributed by atoms with E-state index < -0.39 is 0 Å². The van der Waals surface area contributed by atoms with Gasteiger partial charge in [-0.3, -0.25) is 0 Å². The van der Waals surface area contributed by atoms with Gasteiger partial charge in [-0.25, -0.2) is 0 Å². The van der Waals surface area contributed by atoms with Gasteiger partial charge in [-0.2, -0.15) is 0 Å². The summed E-state index contributed by atoms with van der Waals surface area (Å²) >= 11 is 1.83. The Morgan fingerprint density at radius 3 is 2.82 bits per heavy atom. The van der Waals surface area contributed by atoms with Gasteiger partial charge in [0.25, 0.3) is 0 Å². The van der Waals surface area contributed by atoms with Gasteiger partial charge in [0.05, 0.1) is 6.54 Å². The molecule has 0 aromatic carbocycles. The highest BCUT2D eigenvalue weighted by Crippen LogP contribution is 2.39. The average molecular weight is 254 g/mol. The maximum Gasteiger partial charge on any atom is 0.191 e. The van der Waals surface area contributed by atoms with Gasteiger partial charge in [0.2, 0.25) is 0 Å². The lowest BCUT2D eigenvalue weighted by Crippen LogP contribution is -2.08. The van der Waals surface area contributed by atoms with Gasteiger partial charge >= 0.3 is 0 Å². The summed E-state index contributed by atoms with van der Waals surface area (Å²) in [5.74, 6) is 2.82. The Kier molecular flexibility index (Phi) is 4.45. The molecule has 1 heterocycles. The molecular formula is C12H22N4S. The van der Waals surface area contributed by atoms with E-state index in [1.54, 1.807) is 0 Å². The van der Waals surface area contributed by atoms with Gasteiger partial charge in [0, 0.05) is 11.8 Å². The summed E-state index contributed by atoms with van der Waals surface area (Å²) in [7, 11) is 0. The van der Waals surface area contributed by atoms with E-state index in [0.29, 0.717) is 12.6 Å². The molecule has 1 aromatic rings. The Morgan fingerprint density at radius 1 is 1.47 bits per heavy atom. The SMILES string of the molecule is CCCC(C)CSc1nnc(CN)n1C1CC1. The molecule has 1 fully saturated rings. The summed E-state index contributed by atoms with van der Waals surface area (Å²) in [6.45, 7) is 5.03. The minimum absolute atomic E-state index is 0.495. The number of nitrogens with two attached hydrogens (primary N) is 1. The number of hydrogen-bond donors (Lipinski definition) is 1. The second-order valence-corrected chi connectivity index (χ2v) is 5.90. The van der Waals surface area contributed by atoms with Gasteiger partial charge in [-0.05, 0) is 18.8 Å². The van der Waals surface area contributed by atoms with Crippen molar-refractivity contribution in [2.45, 2.75) is 57.3 Å². The van der Waals surface area contributed by atoms with Crippen LogP contribution in [0.5, 0.6) is 0 Å². The molecule has 0 saturated heterocycles. The monoisotopic (exact) mass is 254 g/mol.